The summed E-state index contributed by atoms with van der Waals surface area (Å²) in [6.45, 7) is 7.32. The third-order valence-electron chi connectivity index (χ3n) is 9.16. The van der Waals surface area contributed by atoms with Crippen molar-refractivity contribution in [2.75, 3.05) is 0 Å². The van der Waals surface area contributed by atoms with Crippen LogP contribution in [0.25, 0.3) is 0 Å². The Balaban J connectivity index is 1.66. The zero-order chi connectivity index (χ0) is 15.7. The monoisotopic (exact) mass is 306 g/mol. The van der Waals surface area contributed by atoms with Gasteiger partial charge in [-0.3, -0.25) is 0 Å². The average molecular weight is 306 g/mol. The van der Waals surface area contributed by atoms with Crippen molar-refractivity contribution in [3.05, 3.63) is 0 Å². The molecule has 0 aromatic rings. The third-order valence-corrected chi connectivity index (χ3v) is 9.16. The Bertz CT molecular complexity index is 449. The van der Waals surface area contributed by atoms with Gasteiger partial charge in [0.2, 0.25) is 0 Å². The van der Waals surface area contributed by atoms with Gasteiger partial charge in [-0.1, -0.05) is 20.8 Å². The highest BCUT2D eigenvalue weighted by Gasteiger charge is 2.61. The molecule has 0 radical (unpaired) electrons. The SMILES string of the molecule is CC1C[C@@H](O)C[C@H]2CC[C@H]3[C@@H]4CC[C@H](O)[C@@]4(C)CC[C@@H]3[C@@]12C. The number of rotatable bonds is 0. The number of hydrogen-bond donors (Lipinski definition) is 2. The van der Waals surface area contributed by atoms with Gasteiger partial charge in [0.05, 0.1) is 12.2 Å². The Hall–Kier alpha value is -0.0800. The largest absolute Gasteiger partial charge is 0.393 e. The van der Waals surface area contributed by atoms with Gasteiger partial charge < -0.3 is 10.2 Å². The highest BCUT2D eigenvalue weighted by molar-refractivity contribution is 5.10. The molecule has 4 fully saturated rings. The maximum absolute atomic E-state index is 10.5. The molecule has 0 saturated heterocycles. The molecule has 2 nitrogen and oxygen atoms in total. The number of aliphatic hydroxyl groups excluding tert-OH is 2. The first-order chi connectivity index (χ1) is 10.4. The number of aliphatic hydroxyl groups is 2. The summed E-state index contributed by atoms with van der Waals surface area (Å²) in [5, 5.41) is 20.7. The van der Waals surface area contributed by atoms with Crippen LogP contribution in [-0.2, 0) is 0 Å². The van der Waals surface area contributed by atoms with Crippen LogP contribution in [-0.4, -0.2) is 22.4 Å². The molecule has 0 aromatic heterocycles. The van der Waals surface area contributed by atoms with Crippen LogP contribution in [0.15, 0.2) is 0 Å². The lowest BCUT2D eigenvalue weighted by molar-refractivity contribution is -0.156. The Kier molecular flexibility index (Phi) is 3.48. The molecule has 0 bridgehead atoms. The minimum atomic E-state index is -0.0632. The second-order valence-electron chi connectivity index (χ2n) is 9.68. The first-order valence-electron chi connectivity index (χ1n) is 9.73. The van der Waals surface area contributed by atoms with E-state index in [0.717, 1.165) is 42.9 Å². The maximum atomic E-state index is 10.5. The van der Waals surface area contributed by atoms with Crippen LogP contribution in [0, 0.1) is 40.4 Å². The minimum Gasteiger partial charge on any atom is -0.393 e. The van der Waals surface area contributed by atoms with Crippen LogP contribution in [0.2, 0.25) is 0 Å². The zero-order valence-corrected chi connectivity index (χ0v) is 14.6. The van der Waals surface area contributed by atoms with Crippen molar-refractivity contribution in [1.29, 1.82) is 0 Å². The Morgan fingerprint density at radius 1 is 0.864 bits per heavy atom. The Morgan fingerprint density at radius 2 is 1.64 bits per heavy atom. The van der Waals surface area contributed by atoms with E-state index in [1.165, 1.54) is 32.1 Å². The van der Waals surface area contributed by atoms with E-state index < -0.39 is 0 Å². The molecule has 126 valence electrons. The fraction of sp³-hybridized carbons (Fsp3) is 1.00. The lowest BCUT2D eigenvalue weighted by atomic mass is 9.43. The molecule has 4 aliphatic carbocycles. The summed E-state index contributed by atoms with van der Waals surface area (Å²) in [4.78, 5) is 0. The lowest BCUT2D eigenvalue weighted by Crippen LogP contribution is -2.57. The standard InChI is InChI=1S/C20H34O2/c1-12-10-14(21)11-13-4-5-15-16-6-7-18(22)19(16,2)9-8-17(15)20(12,13)3/h12-18,21-22H,4-11H2,1-3H3/t12?,13-,14-,15+,16+,17+,18+,19+,20+/m1/s1. The zero-order valence-electron chi connectivity index (χ0n) is 14.6. The van der Waals surface area contributed by atoms with Crippen LogP contribution in [0.5, 0.6) is 0 Å². The van der Waals surface area contributed by atoms with Gasteiger partial charge >= 0.3 is 0 Å². The molecule has 2 heteroatoms. The van der Waals surface area contributed by atoms with Crippen LogP contribution < -0.4 is 0 Å². The lowest BCUT2D eigenvalue weighted by Gasteiger charge is -2.62. The third kappa shape index (κ3) is 1.86. The number of fused-ring (bicyclic) bond motifs is 5. The van der Waals surface area contributed by atoms with Crippen LogP contribution in [0.3, 0.4) is 0 Å². The first-order valence-corrected chi connectivity index (χ1v) is 9.73. The molecule has 22 heavy (non-hydrogen) atoms. The minimum absolute atomic E-state index is 0.0606. The summed E-state index contributed by atoms with van der Waals surface area (Å²) in [6.07, 6.45) is 9.37. The van der Waals surface area contributed by atoms with Gasteiger partial charge in [-0.25, -0.2) is 0 Å². The molecule has 0 heterocycles. The Labute approximate surface area is 135 Å². The van der Waals surface area contributed by atoms with Gasteiger partial charge in [0.1, 0.15) is 0 Å². The van der Waals surface area contributed by atoms with Crippen LogP contribution in [0.4, 0.5) is 0 Å². The molecular weight excluding hydrogens is 272 g/mol. The smallest absolute Gasteiger partial charge is 0.0596 e. The van der Waals surface area contributed by atoms with Crippen molar-refractivity contribution in [3.63, 3.8) is 0 Å². The van der Waals surface area contributed by atoms with Crippen molar-refractivity contribution in [1.82, 2.24) is 0 Å². The van der Waals surface area contributed by atoms with E-state index in [9.17, 15) is 10.2 Å². The van der Waals surface area contributed by atoms with Gasteiger partial charge in [-0.15, -0.1) is 0 Å². The average Bonchev–Trinajstić information content (AvgIpc) is 2.77. The second-order valence-corrected chi connectivity index (χ2v) is 9.68. The summed E-state index contributed by atoms with van der Waals surface area (Å²) < 4.78 is 0. The van der Waals surface area contributed by atoms with Crippen molar-refractivity contribution in [3.8, 4) is 0 Å². The van der Waals surface area contributed by atoms with Gasteiger partial charge in [0, 0.05) is 0 Å². The van der Waals surface area contributed by atoms with E-state index in [0.29, 0.717) is 11.3 Å². The van der Waals surface area contributed by atoms with E-state index in [4.69, 9.17) is 0 Å². The molecule has 1 unspecified atom stereocenters. The molecule has 9 atom stereocenters. The quantitative estimate of drug-likeness (QED) is 0.710. The molecule has 4 saturated carbocycles. The van der Waals surface area contributed by atoms with Gasteiger partial charge in [0.15, 0.2) is 0 Å². The fourth-order valence-electron chi connectivity index (χ4n) is 7.67. The fourth-order valence-corrected chi connectivity index (χ4v) is 7.67. The molecule has 0 amide bonds. The maximum Gasteiger partial charge on any atom is 0.0596 e. The van der Waals surface area contributed by atoms with E-state index >= 15 is 0 Å². The normalized spacial score (nSPS) is 61.2. The van der Waals surface area contributed by atoms with E-state index in [1.807, 2.05) is 0 Å². The van der Waals surface area contributed by atoms with Crippen molar-refractivity contribution in [2.45, 2.75) is 84.3 Å². The molecular formula is C20H34O2. The van der Waals surface area contributed by atoms with Gasteiger partial charge in [-0.05, 0) is 91.8 Å². The molecule has 4 aliphatic rings. The second kappa shape index (κ2) is 4.96. The highest BCUT2D eigenvalue weighted by atomic mass is 16.3. The topological polar surface area (TPSA) is 40.5 Å². The summed E-state index contributed by atoms with van der Waals surface area (Å²) in [5.74, 6) is 3.78. The van der Waals surface area contributed by atoms with Crippen molar-refractivity contribution in [2.24, 2.45) is 40.4 Å². The molecule has 2 N–H and O–H groups in total. The van der Waals surface area contributed by atoms with E-state index in [1.54, 1.807) is 0 Å². The van der Waals surface area contributed by atoms with Crippen molar-refractivity contribution < 1.29 is 10.2 Å². The van der Waals surface area contributed by atoms with E-state index in [2.05, 4.69) is 20.8 Å². The molecule has 4 rings (SSSR count). The molecule has 0 spiro atoms. The van der Waals surface area contributed by atoms with E-state index in [-0.39, 0.29) is 17.6 Å². The predicted molar refractivity (Wildman–Crippen MR) is 88.3 cm³/mol. The van der Waals surface area contributed by atoms with Crippen LogP contribution >= 0.6 is 0 Å². The summed E-state index contributed by atoms with van der Waals surface area (Å²) in [6, 6.07) is 0. The number of hydrogen-bond acceptors (Lipinski definition) is 2. The Morgan fingerprint density at radius 3 is 2.41 bits per heavy atom. The highest BCUT2D eigenvalue weighted by Crippen LogP contribution is 2.67. The van der Waals surface area contributed by atoms with Gasteiger partial charge in [0.25, 0.3) is 0 Å². The summed E-state index contributed by atoms with van der Waals surface area (Å²) >= 11 is 0. The summed E-state index contributed by atoms with van der Waals surface area (Å²) in [7, 11) is 0. The molecule has 0 aromatic carbocycles. The van der Waals surface area contributed by atoms with Gasteiger partial charge in [-0.2, -0.15) is 0 Å². The molecule has 0 aliphatic heterocycles. The summed E-state index contributed by atoms with van der Waals surface area (Å²) in [5.41, 5.74) is 0.624. The predicted octanol–water partition coefficient (Wildman–Crippen LogP) is 4.00. The van der Waals surface area contributed by atoms with Crippen LogP contribution in [0.1, 0.15) is 72.1 Å². The van der Waals surface area contributed by atoms with Crippen molar-refractivity contribution >= 4 is 0 Å². The first kappa shape index (κ1) is 15.4.